The van der Waals surface area contributed by atoms with E-state index in [0.29, 0.717) is 34.2 Å². The third-order valence-corrected chi connectivity index (χ3v) is 6.45. The van der Waals surface area contributed by atoms with Crippen molar-refractivity contribution in [3.63, 3.8) is 0 Å². The first-order valence-corrected chi connectivity index (χ1v) is 12.5. The van der Waals surface area contributed by atoms with Crippen LogP contribution in [0.4, 0.5) is 25.0 Å². The Labute approximate surface area is 229 Å². The number of carbonyl (C=O) groups excluding carboxylic acids is 3. The molecule has 9 heteroatoms. The van der Waals surface area contributed by atoms with Crippen molar-refractivity contribution in [1.82, 2.24) is 5.32 Å². The Morgan fingerprint density at radius 2 is 1.60 bits per heavy atom. The molecule has 0 spiro atoms. The van der Waals surface area contributed by atoms with Crippen LogP contribution in [0.3, 0.4) is 0 Å². The third-order valence-electron chi connectivity index (χ3n) is 6.45. The van der Waals surface area contributed by atoms with Crippen LogP contribution in [0, 0.1) is 18.6 Å². The van der Waals surface area contributed by atoms with Gasteiger partial charge in [0.2, 0.25) is 6.17 Å². The fraction of sp³-hybridized carbons (Fsp3) is 0.0968. The number of benzene rings is 4. The molecule has 1 aliphatic heterocycles. The summed E-state index contributed by atoms with van der Waals surface area (Å²) in [5.74, 6) is -2.73. The monoisotopic (exact) mass is 538 g/mol. The predicted molar refractivity (Wildman–Crippen MR) is 149 cm³/mol. The van der Waals surface area contributed by atoms with Crippen molar-refractivity contribution in [3.05, 3.63) is 131 Å². The molecule has 4 aromatic carbocycles. The van der Waals surface area contributed by atoms with Crippen LogP contribution in [0.2, 0.25) is 0 Å². The lowest BCUT2D eigenvalue weighted by Gasteiger charge is -2.25. The fourth-order valence-electron chi connectivity index (χ4n) is 4.50. The van der Waals surface area contributed by atoms with Gasteiger partial charge in [0.15, 0.2) is 5.78 Å². The van der Waals surface area contributed by atoms with Crippen molar-refractivity contribution < 1.29 is 23.2 Å². The molecule has 0 saturated carbocycles. The molecule has 0 bridgehead atoms. The van der Waals surface area contributed by atoms with E-state index in [0.717, 1.165) is 17.7 Å². The molecule has 4 aromatic rings. The lowest BCUT2D eigenvalue weighted by molar-refractivity contribution is -0.120. The van der Waals surface area contributed by atoms with Crippen LogP contribution in [-0.2, 0) is 4.79 Å². The highest BCUT2D eigenvalue weighted by molar-refractivity contribution is 6.21. The van der Waals surface area contributed by atoms with Crippen molar-refractivity contribution in [2.45, 2.75) is 13.1 Å². The van der Waals surface area contributed by atoms with Gasteiger partial charge in [0.05, 0.1) is 23.6 Å². The largest absolute Gasteiger partial charge is 0.321 e. The summed E-state index contributed by atoms with van der Waals surface area (Å²) in [6.07, 6.45) is -1.46. The molecule has 2 N–H and O–H groups in total. The van der Waals surface area contributed by atoms with Crippen molar-refractivity contribution in [3.8, 4) is 0 Å². The van der Waals surface area contributed by atoms with Crippen LogP contribution >= 0.6 is 0 Å². The molecule has 0 unspecified atom stereocenters. The number of aryl methyl sites for hydroxylation is 1. The van der Waals surface area contributed by atoms with E-state index in [1.807, 2.05) is 49.4 Å². The zero-order valence-corrected chi connectivity index (χ0v) is 21.4. The van der Waals surface area contributed by atoms with Gasteiger partial charge in [-0.15, -0.1) is 0 Å². The first kappa shape index (κ1) is 26.4. The van der Waals surface area contributed by atoms with Gasteiger partial charge in [0, 0.05) is 22.8 Å². The number of para-hydroxylation sites is 1. The maximum absolute atomic E-state index is 14.2. The van der Waals surface area contributed by atoms with Crippen LogP contribution < -0.4 is 15.5 Å². The highest BCUT2D eigenvalue weighted by atomic mass is 19.1. The van der Waals surface area contributed by atoms with Crippen molar-refractivity contribution in [2.24, 2.45) is 4.99 Å². The SMILES string of the molecule is Cc1ccccc1C(=O)CN1C(=O)[C@@H](NC(=O)Nc2ccc(F)cc2F)N=C(c2ccccc2)c2ccccc21. The molecule has 0 fully saturated rings. The minimum absolute atomic E-state index is 0.276. The van der Waals surface area contributed by atoms with Crippen molar-refractivity contribution in [2.75, 3.05) is 16.8 Å². The lowest BCUT2D eigenvalue weighted by atomic mass is 9.99. The van der Waals surface area contributed by atoms with Gasteiger partial charge in [-0.25, -0.2) is 18.6 Å². The summed E-state index contributed by atoms with van der Waals surface area (Å²) in [5.41, 5.74) is 3.11. The minimum atomic E-state index is -1.46. The van der Waals surface area contributed by atoms with E-state index in [9.17, 15) is 23.2 Å². The van der Waals surface area contributed by atoms with E-state index in [-0.39, 0.29) is 18.0 Å². The second-order valence-corrected chi connectivity index (χ2v) is 9.15. The maximum Gasteiger partial charge on any atom is 0.321 e. The Kier molecular flexibility index (Phi) is 7.46. The maximum atomic E-state index is 14.2. The highest BCUT2D eigenvalue weighted by Crippen LogP contribution is 2.29. The molecule has 0 radical (unpaired) electrons. The number of hydrogen-bond donors (Lipinski definition) is 2. The number of hydrogen-bond acceptors (Lipinski definition) is 4. The zero-order valence-electron chi connectivity index (χ0n) is 21.4. The molecule has 3 amide bonds. The van der Waals surface area contributed by atoms with E-state index in [1.165, 1.54) is 4.90 Å². The molecule has 1 atom stereocenters. The number of amides is 3. The number of aliphatic imine (C=N–C) groups is 1. The van der Waals surface area contributed by atoms with Gasteiger partial charge in [0.1, 0.15) is 11.6 Å². The number of benzodiazepines with no additional fused rings is 1. The normalized spacial score (nSPS) is 14.6. The number of Topliss-reactive ketones (excluding diaryl/α,β-unsaturated/α-hetero) is 1. The number of ketones is 1. The summed E-state index contributed by atoms with van der Waals surface area (Å²) in [6, 6.07) is 25.0. The summed E-state index contributed by atoms with van der Waals surface area (Å²) in [5, 5.41) is 4.78. The quantitative estimate of drug-likeness (QED) is 0.318. The van der Waals surface area contributed by atoms with E-state index in [1.54, 1.807) is 36.4 Å². The van der Waals surface area contributed by atoms with Gasteiger partial charge >= 0.3 is 6.03 Å². The smallest absolute Gasteiger partial charge is 0.308 e. The van der Waals surface area contributed by atoms with Crippen LogP contribution in [0.15, 0.2) is 102 Å². The summed E-state index contributed by atoms with van der Waals surface area (Å²) >= 11 is 0. The number of nitrogens with zero attached hydrogens (tertiary/aromatic N) is 2. The molecule has 1 heterocycles. The number of carbonyl (C=O) groups is 3. The minimum Gasteiger partial charge on any atom is -0.308 e. The zero-order chi connectivity index (χ0) is 28.2. The van der Waals surface area contributed by atoms with Gasteiger partial charge in [-0.1, -0.05) is 72.8 Å². The number of fused-ring (bicyclic) bond motifs is 1. The molecule has 0 saturated heterocycles. The lowest BCUT2D eigenvalue weighted by Crippen LogP contribution is -2.50. The molecule has 0 aromatic heterocycles. The summed E-state index contributed by atoms with van der Waals surface area (Å²) < 4.78 is 27.5. The summed E-state index contributed by atoms with van der Waals surface area (Å²) in [6.45, 7) is 1.51. The second-order valence-electron chi connectivity index (χ2n) is 9.15. The first-order chi connectivity index (χ1) is 19.3. The molecule has 40 heavy (non-hydrogen) atoms. The second kappa shape index (κ2) is 11.3. The van der Waals surface area contributed by atoms with Crippen molar-refractivity contribution in [1.29, 1.82) is 0 Å². The van der Waals surface area contributed by atoms with E-state index < -0.39 is 29.7 Å². The van der Waals surface area contributed by atoms with Crippen LogP contribution in [0.25, 0.3) is 0 Å². The number of rotatable bonds is 6. The van der Waals surface area contributed by atoms with Crippen molar-refractivity contribution >= 4 is 34.8 Å². The fourth-order valence-corrected chi connectivity index (χ4v) is 4.50. The summed E-state index contributed by atoms with van der Waals surface area (Å²) in [7, 11) is 0. The Morgan fingerprint density at radius 1 is 0.900 bits per heavy atom. The molecular weight excluding hydrogens is 514 g/mol. The standard InChI is InChI=1S/C31H24F2N4O3/c1-19-9-5-6-12-22(19)27(38)18-37-26-14-8-7-13-23(26)28(20-10-3-2-4-11-20)35-29(30(37)39)36-31(40)34-25-16-15-21(32)17-24(25)33/h2-17,29H,18H2,1H3,(H2,34,36,40)/t29-/m1/s1. The average molecular weight is 539 g/mol. The van der Waals surface area contributed by atoms with Gasteiger partial charge in [-0.3, -0.25) is 9.59 Å². The van der Waals surface area contributed by atoms with Gasteiger partial charge < -0.3 is 15.5 Å². The average Bonchev–Trinajstić information content (AvgIpc) is 3.06. The van der Waals surface area contributed by atoms with E-state index in [4.69, 9.17) is 0 Å². The highest BCUT2D eigenvalue weighted by Gasteiger charge is 2.34. The van der Waals surface area contributed by atoms with Gasteiger partial charge in [0.25, 0.3) is 5.91 Å². The Balaban J connectivity index is 1.54. The van der Waals surface area contributed by atoms with E-state index in [2.05, 4.69) is 15.6 Å². The van der Waals surface area contributed by atoms with E-state index >= 15 is 0 Å². The molecule has 1 aliphatic rings. The van der Waals surface area contributed by atoms with Gasteiger partial charge in [-0.2, -0.15) is 0 Å². The van der Waals surface area contributed by atoms with Crippen LogP contribution in [-0.4, -0.2) is 36.1 Å². The number of halogens is 2. The topological polar surface area (TPSA) is 90.9 Å². The van der Waals surface area contributed by atoms with Crippen LogP contribution in [0.5, 0.6) is 0 Å². The molecule has 200 valence electrons. The Hall–Kier alpha value is -5.18. The molecule has 5 rings (SSSR count). The first-order valence-electron chi connectivity index (χ1n) is 12.5. The number of urea groups is 1. The third kappa shape index (κ3) is 5.49. The Bertz CT molecular complexity index is 1640. The Morgan fingerprint density at radius 3 is 2.35 bits per heavy atom. The number of anilines is 2. The molecule has 7 nitrogen and oxygen atoms in total. The summed E-state index contributed by atoms with van der Waals surface area (Å²) in [4.78, 5) is 46.1. The van der Waals surface area contributed by atoms with Gasteiger partial charge in [-0.05, 0) is 30.7 Å². The number of nitrogens with one attached hydrogen (secondary N) is 2. The molecular formula is C31H24F2N4O3. The predicted octanol–water partition coefficient (Wildman–Crippen LogP) is 5.49. The molecule has 0 aliphatic carbocycles. The van der Waals surface area contributed by atoms with Crippen LogP contribution in [0.1, 0.15) is 27.0 Å².